The number of amides is 1. The van der Waals surface area contributed by atoms with Gasteiger partial charge < -0.3 is 19.3 Å². The molecule has 26 heavy (non-hydrogen) atoms. The van der Waals surface area contributed by atoms with E-state index in [1.807, 2.05) is 24.3 Å². The summed E-state index contributed by atoms with van der Waals surface area (Å²) in [6, 6.07) is 7.49. The van der Waals surface area contributed by atoms with Gasteiger partial charge in [0.25, 0.3) is 0 Å². The zero-order valence-electron chi connectivity index (χ0n) is 16.5. The van der Waals surface area contributed by atoms with E-state index in [9.17, 15) is 9.59 Å². The van der Waals surface area contributed by atoms with Gasteiger partial charge in [0.05, 0.1) is 27.1 Å². The summed E-state index contributed by atoms with van der Waals surface area (Å²) in [5, 5.41) is 0. The molecule has 1 aromatic carbocycles. The molecule has 0 saturated carbocycles. The monoisotopic (exact) mass is 364 g/mol. The fourth-order valence-electron chi connectivity index (χ4n) is 2.74. The molecule has 0 aliphatic carbocycles. The molecule has 1 aromatic rings. The standard InChI is InChI=1S/C20H32N2O4/c1-5-21(6-2)13-7-14-22(15-12-20(24)26-4)19(23)16-17-8-10-18(25-3)11-9-17/h8-11H,5-7,12-16H2,1-4H3. The number of ether oxygens (including phenoxy) is 2. The van der Waals surface area contributed by atoms with E-state index in [0.717, 1.165) is 37.4 Å². The Morgan fingerprint density at radius 3 is 2.15 bits per heavy atom. The number of hydrogen-bond acceptors (Lipinski definition) is 5. The van der Waals surface area contributed by atoms with Crippen LogP contribution in [0.15, 0.2) is 24.3 Å². The third kappa shape index (κ3) is 7.87. The van der Waals surface area contributed by atoms with Crippen molar-refractivity contribution in [3.8, 4) is 5.75 Å². The highest BCUT2D eigenvalue weighted by molar-refractivity contribution is 5.79. The summed E-state index contributed by atoms with van der Waals surface area (Å²) in [4.78, 5) is 28.3. The summed E-state index contributed by atoms with van der Waals surface area (Å²) >= 11 is 0. The topological polar surface area (TPSA) is 59.1 Å². The van der Waals surface area contributed by atoms with Crippen molar-refractivity contribution in [2.24, 2.45) is 0 Å². The van der Waals surface area contributed by atoms with E-state index in [2.05, 4.69) is 18.7 Å². The van der Waals surface area contributed by atoms with E-state index in [4.69, 9.17) is 9.47 Å². The second kappa shape index (κ2) is 12.3. The van der Waals surface area contributed by atoms with Crippen molar-refractivity contribution >= 4 is 11.9 Å². The minimum Gasteiger partial charge on any atom is -0.497 e. The summed E-state index contributed by atoms with van der Waals surface area (Å²) in [5.41, 5.74) is 0.933. The minimum atomic E-state index is -0.295. The normalized spacial score (nSPS) is 10.7. The van der Waals surface area contributed by atoms with E-state index in [-0.39, 0.29) is 18.3 Å². The zero-order valence-corrected chi connectivity index (χ0v) is 16.5. The van der Waals surface area contributed by atoms with Crippen LogP contribution in [0.2, 0.25) is 0 Å². The number of methoxy groups -OCH3 is 2. The molecule has 0 N–H and O–H groups in total. The van der Waals surface area contributed by atoms with Gasteiger partial charge in [-0.3, -0.25) is 9.59 Å². The van der Waals surface area contributed by atoms with E-state index in [1.165, 1.54) is 7.11 Å². The Kier molecular flexibility index (Phi) is 10.4. The average Bonchev–Trinajstić information content (AvgIpc) is 2.67. The molecule has 0 spiro atoms. The molecule has 1 rings (SSSR count). The Morgan fingerprint density at radius 2 is 1.62 bits per heavy atom. The Hall–Kier alpha value is -2.08. The number of benzene rings is 1. The van der Waals surface area contributed by atoms with Gasteiger partial charge >= 0.3 is 5.97 Å². The highest BCUT2D eigenvalue weighted by Crippen LogP contribution is 2.13. The Labute approximate surface area is 157 Å². The maximum absolute atomic E-state index is 12.7. The number of nitrogens with zero attached hydrogens (tertiary/aromatic N) is 2. The maximum Gasteiger partial charge on any atom is 0.307 e. The molecule has 146 valence electrons. The maximum atomic E-state index is 12.7. The molecular weight excluding hydrogens is 332 g/mol. The van der Waals surface area contributed by atoms with Crippen molar-refractivity contribution in [2.75, 3.05) is 46.9 Å². The van der Waals surface area contributed by atoms with Gasteiger partial charge in [-0.05, 0) is 43.8 Å². The lowest BCUT2D eigenvalue weighted by atomic mass is 10.1. The molecule has 6 nitrogen and oxygen atoms in total. The van der Waals surface area contributed by atoms with Crippen LogP contribution in [0.25, 0.3) is 0 Å². The summed E-state index contributed by atoms with van der Waals surface area (Å²) in [5.74, 6) is 0.498. The van der Waals surface area contributed by atoms with E-state index < -0.39 is 0 Å². The van der Waals surface area contributed by atoms with Gasteiger partial charge in [-0.2, -0.15) is 0 Å². The fourth-order valence-corrected chi connectivity index (χ4v) is 2.74. The first-order chi connectivity index (χ1) is 12.5. The van der Waals surface area contributed by atoms with Crippen molar-refractivity contribution in [2.45, 2.75) is 33.1 Å². The zero-order chi connectivity index (χ0) is 19.4. The van der Waals surface area contributed by atoms with Crippen LogP contribution < -0.4 is 4.74 Å². The number of carbonyl (C=O) groups excluding carboxylic acids is 2. The van der Waals surface area contributed by atoms with Crippen molar-refractivity contribution in [3.05, 3.63) is 29.8 Å². The number of rotatable bonds is 12. The van der Waals surface area contributed by atoms with Crippen LogP contribution >= 0.6 is 0 Å². The average molecular weight is 364 g/mol. The first-order valence-corrected chi connectivity index (χ1v) is 9.23. The highest BCUT2D eigenvalue weighted by Gasteiger charge is 2.16. The van der Waals surface area contributed by atoms with Crippen LogP contribution in [-0.2, 0) is 20.7 Å². The molecule has 0 atom stereocenters. The van der Waals surface area contributed by atoms with E-state index in [1.54, 1.807) is 12.0 Å². The molecule has 6 heteroatoms. The van der Waals surface area contributed by atoms with Crippen LogP contribution in [0.3, 0.4) is 0 Å². The van der Waals surface area contributed by atoms with E-state index >= 15 is 0 Å². The Bertz CT molecular complexity index is 541. The largest absolute Gasteiger partial charge is 0.497 e. The molecule has 0 aliphatic heterocycles. The first kappa shape index (κ1) is 22.0. The van der Waals surface area contributed by atoms with Gasteiger partial charge in [0.15, 0.2) is 0 Å². The van der Waals surface area contributed by atoms with Gasteiger partial charge in [0.2, 0.25) is 5.91 Å². The van der Waals surface area contributed by atoms with Crippen LogP contribution in [0.4, 0.5) is 0 Å². The molecule has 0 radical (unpaired) electrons. The molecule has 0 heterocycles. The van der Waals surface area contributed by atoms with Crippen molar-refractivity contribution in [1.29, 1.82) is 0 Å². The molecule has 0 unspecified atom stereocenters. The van der Waals surface area contributed by atoms with Gasteiger partial charge in [-0.25, -0.2) is 0 Å². The third-order valence-electron chi connectivity index (χ3n) is 4.48. The van der Waals surface area contributed by atoms with Crippen molar-refractivity contribution < 1.29 is 19.1 Å². The van der Waals surface area contributed by atoms with Crippen LogP contribution in [0.1, 0.15) is 32.3 Å². The molecule has 0 saturated heterocycles. The van der Waals surface area contributed by atoms with Crippen LogP contribution in [0, 0.1) is 0 Å². The predicted molar refractivity (Wildman–Crippen MR) is 102 cm³/mol. The predicted octanol–water partition coefficient (Wildman–Crippen LogP) is 2.36. The molecule has 0 fully saturated rings. The molecule has 0 aliphatic rings. The van der Waals surface area contributed by atoms with Crippen LogP contribution in [-0.4, -0.2) is 68.6 Å². The quantitative estimate of drug-likeness (QED) is 0.533. The third-order valence-corrected chi connectivity index (χ3v) is 4.48. The van der Waals surface area contributed by atoms with E-state index in [0.29, 0.717) is 19.5 Å². The minimum absolute atomic E-state index is 0.0265. The SMILES string of the molecule is CCN(CC)CCCN(CCC(=O)OC)C(=O)Cc1ccc(OC)cc1. The number of carbonyl (C=O) groups is 2. The highest BCUT2D eigenvalue weighted by atomic mass is 16.5. The number of hydrogen-bond donors (Lipinski definition) is 0. The lowest BCUT2D eigenvalue weighted by Gasteiger charge is -2.24. The van der Waals surface area contributed by atoms with Crippen molar-refractivity contribution in [1.82, 2.24) is 9.80 Å². The smallest absolute Gasteiger partial charge is 0.307 e. The lowest BCUT2D eigenvalue weighted by molar-refractivity contribution is -0.141. The molecule has 0 bridgehead atoms. The van der Waals surface area contributed by atoms with Gasteiger partial charge in [-0.1, -0.05) is 26.0 Å². The second-order valence-corrected chi connectivity index (χ2v) is 6.11. The summed E-state index contributed by atoms with van der Waals surface area (Å²) in [6.07, 6.45) is 1.42. The molecular formula is C20H32N2O4. The summed E-state index contributed by atoms with van der Waals surface area (Å²) < 4.78 is 9.85. The Balaban J connectivity index is 2.64. The van der Waals surface area contributed by atoms with Crippen LogP contribution in [0.5, 0.6) is 5.75 Å². The van der Waals surface area contributed by atoms with Crippen molar-refractivity contribution in [3.63, 3.8) is 0 Å². The summed E-state index contributed by atoms with van der Waals surface area (Å²) in [6.45, 7) is 8.23. The summed E-state index contributed by atoms with van der Waals surface area (Å²) in [7, 11) is 2.98. The van der Waals surface area contributed by atoms with Gasteiger partial charge in [-0.15, -0.1) is 0 Å². The van der Waals surface area contributed by atoms with Gasteiger partial charge in [0, 0.05) is 13.1 Å². The first-order valence-electron chi connectivity index (χ1n) is 9.23. The Morgan fingerprint density at radius 1 is 0.962 bits per heavy atom. The molecule has 1 amide bonds. The van der Waals surface area contributed by atoms with Gasteiger partial charge in [0.1, 0.15) is 5.75 Å². The second-order valence-electron chi connectivity index (χ2n) is 6.11. The molecule has 0 aromatic heterocycles. The lowest BCUT2D eigenvalue weighted by Crippen LogP contribution is -2.37. The number of esters is 1. The fraction of sp³-hybridized carbons (Fsp3) is 0.600.